The lowest BCUT2D eigenvalue weighted by atomic mass is 10.2. The summed E-state index contributed by atoms with van der Waals surface area (Å²) in [6.45, 7) is 5.91. The largest absolute Gasteiger partial charge is 0.477 e. The molecule has 0 bridgehead atoms. The van der Waals surface area contributed by atoms with E-state index in [0.717, 1.165) is 4.90 Å². The van der Waals surface area contributed by atoms with Crippen molar-refractivity contribution >= 4 is 17.9 Å². The molecule has 0 radical (unpaired) electrons. The van der Waals surface area contributed by atoms with Crippen LogP contribution in [0.5, 0.6) is 0 Å². The first-order chi connectivity index (χ1) is 7.99. The van der Waals surface area contributed by atoms with Crippen LogP contribution in [0.2, 0.25) is 0 Å². The number of carbonyl (C=O) groups is 1. The molecule has 1 aromatic rings. The zero-order chi connectivity index (χ0) is 12.8. The zero-order valence-electron chi connectivity index (χ0n) is 10.2. The van der Waals surface area contributed by atoms with Crippen molar-refractivity contribution in [3.8, 4) is 0 Å². The fraction of sp³-hybridized carbons (Fsp3) is 0.308. The van der Waals surface area contributed by atoms with Gasteiger partial charge in [-0.3, -0.25) is 0 Å². The van der Waals surface area contributed by atoms with Gasteiger partial charge in [0.25, 0.3) is 0 Å². The Balaban J connectivity index is 2.64. The van der Waals surface area contributed by atoms with Crippen molar-refractivity contribution in [1.82, 2.24) is 4.72 Å². The van der Waals surface area contributed by atoms with Crippen molar-refractivity contribution in [2.75, 3.05) is 0 Å². The summed E-state index contributed by atoms with van der Waals surface area (Å²) in [4.78, 5) is 12.0. The molecule has 17 heavy (non-hydrogen) atoms. The summed E-state index contributed by atoms with van der Waals surface area (Å²) in [6.07, 6.45) is 1.70. The Kier molecular flexibility index (Phi) is 5.10. The molecular formula is C13H17NO2S. The van der Waals surface area contributed by atoms with Crippen molar-refractivity contribution < 1.29 is 9.90 Å². The molecule has 1 aromatic carbocycles. The minimum absolute atomic E-state index is 0.201. The van der Waals surface area contributed by atoms with Gasteiger partial charge in [-0.15, -0.1) is 0 Å². The van der Waals surface area contributed by atoms with Crippen LogP contribution in [0.25, 0.3) is 0 Å². The predicted octanol–water partition coefficient (Wildman–Crippen LogP) is 3.22. The summed E-state index contributed by atoms with van der Waals surface area (Å²) in [6, 6.07) is 7.91. The van der Waals surface area contributed by atoms with Gasteiger partial charge in [0, 0.05) is 4.90 Å². The number of carboxylic acid groups (broad SMARTS) is 1. The van der Waals surface area contributed by atoms with Crippen LogP contribution in [0.15, 0.2) is 40.9 Å². The van der Waals surface area contributed by atoms with Gasteiger partial charge in [-0.25, -0.2) is 4.79 Å². The molecule has 0 aliphatic heterocycles. The second-order valence-electron chi connectivity index (χ2n) is 4.15. The number of hydrogen-bond donors (Lipinski definition) is 2. The van der Waals surface area contributed by atoms with E-state index in [-0.39, 0.29) is 11.6 Å². The summed E-state index contributed by atoms with van der Waals surface area (Å²) in [5.74, 6) is -0.731. The van der Waals surface area contributed by atoms with Gasteiger partial charge in [-0.05, 0) is 36.9 Å². The van der Waals surface area contributed by atoms with Gasteiger partial charge in [-0.2, -0.15) is 0 Å². The third-order valence-electron chi connectivity index (χ3n) is 2.03. The molecule has 2 N–H and O–H groups in total. The van der Waals surface area contributed by atoms with Crippen LogP contribution in [0, 0.1) is 12.8 Å². The Labute approximate surface area is 106 Å². The summed E-state index contributed by atoms with van der Waals surface area (Å²) in [5, 5.41) is 9.00. The minimum Gasteiger partial charge on any atom is -0.477 e. The summed E-state index contributed by atoms with van der Waals surface area (Å²) >= 11 is 1.31. The Hall–Kier alpha value is -1.42. The van der Waals surface area contributed by atoms with E-state index in [1.165, 1.54) is 17.5 Å². The van der Waals surface area contributed by atoms with Crippen molar-refractivity contribution in [3.63, 3.8) is 0 Å². The number of aryl methyl sites for hydroxylation is 1. The topological polar surface area (TPSA) is 49.3 Å². The van der Waals surface area contributed by atoms with Crippen LogP contribution in [0.4, 0.5) is 0 Å². The third kappa shape index (κ3) is 4.95. The Bertz CT molecular complexity index is 410. The molecule has 0 spiro atoms. The molecule has 1 rings (SSSR count). The quantitative estimate of drug-likeness (QED) is 0.623. The molecule has 0 amide bonds. The second-order valence-corrected chi connectivity index (χ2v) is 5.03. The number of allylic oxidation sites excluding steroid dienone is 1. The van der Waals surface area contributed by atoms with E-state index in [9.17, 15) is 4.79 Å². The highest BCUT2D eigenvalue weighted by Crippen LogP contribution is 2.17. The molecule has 0 aliphatic carbocycles. The predicted molar refractivity (Wildman–Crippen MR) is 70.7 cm³/mol. The lowest BCUT2D eigenvalue weighted by Gasteiger charge is -2.07. The normalized spacial score (nSPS) is 11.6. The van der Waals surface area contributed by atoms with Gasteiger partial charge in [0.1, 0.15) is 5.70 Å². The van der Waals surface area contributed by atoms with E-state index < -0.39 is 5.97 Å². The first kappa shape index (κ1) is 13.6. The van der Waals surface area contributed by atoms with Crippen LogP contribution in [-0.4, -0.2) is 11.1 Å². The highest BCUT2D eigenvalue weighted by molar-refractivity contribution is 7.97. The van der Waals surface area contributed by atoms with Crippen molar-refractivity contribution in [2.24, 2.45) is 5.92 Å². The van der Waals surface area contributed by atoms with E-state index in [0.29, 0.717) is 0 Å². The van der Waals surface area contributed by atoms with Gasteiger partial charge in [0.2, 0.25) is 0 Å². The van der Waals surface area contributed by atoms with Crippen molar-refractivity contribution in [1.29, 1.82) is 0 Å². The Morgan fingerprint density at radius 2 is 1.94 bits per heavy atom. The van der Waals surface area contributed by atoms with Crippen LogP contribution < -0.4 is 4.72 Å². The monoisotopic (exact) mass is 251 g/mol. The molecule has 4 heteroatoms. The Morgan fingerprint density at radius 1 is 1.35 bits per heavy atom. The summed E-state index contributed by atoms with van der Waals surface area (Å²) < 4.78 is 2.86. The van der Waals surface area contributed by atoms with Crippen LogP contribution >= 0.6 is 11.9 Å². The lowest BCUT2D eigenvalue weighted by molar-refractivity contribution is -0.132. The second kappa shape index (κ2) is 6.35. The number of hydrogen-bond acceptors (Lipinski definition) is 3. The number of nitrogens with one attached hydrogen (secondary N) is 1. The number of rotatable bonds is 5. The van der Waals surface area contributed by atoms with Crippen LogP contribution in [-0.2, 0) is 4.79 Å². The molecule has 0 heterocycles. The molecule has 0 aliphatic rings. The number of benzene rings is 1. The maximum absolute atomic E-state index is 11.0. The molecule has 0 atom stereocenters. The standard InChI is InChI=1S/C13H17NO2S/c1-9(2)8-12(13(15)16)14-17-11-6-4-10(3)5-7-11/h4-9,14H,1-3H3,(H,15,16)/b12-8+. The number of carboxylic acids is 1. The zero-order valence-corrected chi connectivity index (χ0v) is 11.0. The fourth-order valence-corrected chi connectivity index (χ4v) is 1.86. The molecule has 0 fully saturated rings. The van der Waals surface area contributed by atoms with Crippen LogP contribution in [0.1, 0.15) is 19.4 Å². The molecule has 92 valence electrons. The van der Waals surface area contributed by atoms with Gasteiger partial charge < -0.3 is 9.83 Å². The van der Waals surface area contributed by atoms with E-state index >= 15 is 0 Å². The first-order valence-electron chi connectivity index (χ1n) is 5.43. The molecule has 0 saturated heterocycles. The third-order valence-corrected chi connectivity index (χ3v) is 2.86. The summed E-state index contributed by atoms with van der Waals surface area (Å²) in [5.41, 5.74) is 1.41. The van der Waals surface area contributed by atoms with E-state index in [1.54, 1.807) is 6.08 Å². The molecule has 0 aromatic heterocycles. The van der Waals surface area contributed by atoms with E-state index in [1.807, 2.05) is 45.0 Å². The fourth-order valence-electron chi connectivity index (χ4n) is 1.20. The van der Waals surface area contributed by atoms with Crippen molar-refractivity contribution in [2.45, 2.75) is 25.7 Å². The maximum atomic E-state index is 11.0. The molecular weight excluding hydrogens is 234 g/mol. The Morgan fingerprint density at radius 3 is 2.41 bits per heavy atom. The average molecular weight is 251 g/mol. The highest BCUT2D eigenvalue weighted by atomic mass is 32.2. The summed E-state index contributed by atoms with van der Waals surface area (Å²) in [7, 11) is 0. The average Bonchev–Trinajstić information content (AvgIpc) is 2.25. The maximum Gasteiger partial charge on any atom is 0.352 e. The minimum atomic E-state index is -0.932. The molecule has 0 saturated carbocycles. The SMILES string of the molecule is Cc1ccc(SN/C(=C/C(C)C)C(=O)O)cc1. The van der Waals surface area contributed by atoms with E-state index in [4.69, 9.17) is 5.11 Å². The van der Waals surface area contributed by atoms with Gasteiger partial charge in [0.15, 0.2) is 0 Å². The molecule has 0 unspecified atom stereocenters. The smallest absolute Gasteiger partial charge is 0.352 e. The van der Waals surface area contributed by atoms with Gasteiger partial charge in [-0.1, -0.05) is 37.6 Å². The van der Waals surface area contributed by atoms with E-state index in [2.05, 4.69) is 4.72 Å². The molecule has 3 nitrogen and oxygen atoms in total. The highest BCUT2D eigenvalue weighted by Gasteiger charge is 2.07. The van der Waals surface area contributed by atoms with Crippen LogP contribution in [0.3, 0.4) is 0 Å². The van der Waals surface area contributed by atoms with Gasteiger partial charge >= 0.3 is 5.97 Å². The first-order valence-corrected chi connectivity index (χ1v) is 6.25. The number of aliphatic carboxylic acids is 1. The lowest BCUT2D eigenvalue weighted by Crippen LogP contribution is -2.14. The van der Waals surface area contributed by atoms with Crippen molar-refractivity contribution in [3.05, 3.63) is 41.6 Å². The van der Waals surface area contributed by atoms with Gasteiger partial charge in [0.05, 0.1) is 0 Å².